The summed E-state index contributed by atoms with van der Waals surface area (Å²) in [6.45, 7) is 3.44. The third-order valence-electron chi connectivity index (χ3n) is 3.05. The Morgan fingerprint density at radius 2 is 1.75 bits per heavy atom. The highest BCUT2D eigenvalue weighted by Crippen LogP contribution is 2.28. The molecular weight excluding hydrogens is 208 g/mol. The van der Waals surface area contributed by atoms with Crippen molar-refractivity contribution in [1.29, 1.82) is 0 Å². The Balaban J connectivity index is 2.44. The van der Waals surface area contributed by atoms with Crippen LogP contribution in [0.25, 0.3) is 0 Å². The maximum Gasteiger partial charge on any atom is 0.337 e. The maximum atomic E-state index is 11.4. The second-order valence-corrected chi connectivity index (χ2v) is 4.82. The highest BCUT2D eigenvalue weighted by atomic mass is 16.6. The summed E-state index contributed by atoms with van der Waals surface area (Å²) >= 11 is 0. The number of esters is 1. The van der Waals surface area contributed by atoms with Crippen molar-refractivity contribution < 1.29 is 19.7 Å². The minimum Gasteiger partial charge on any atom is -0.461 e. The lowest BCUT2D eigenvalue weighted by Gasteiger charge is -2.29. The molecule has 0 radical (unpaired) electrons. The van der Waals surface area contributed by atoms with Crippen LogP contribution in [0.1, 0.15) is 46.0 Å². The van der Waals surface area contributed by atoms with Gasteiger partial charge in [-0.05, 0) is 32.6 Å². The monoisotopic (exact) mass is 230 g/mol. The third kappa shape index (κ3) is 3.76. The molecule has 0 aromatic carbocycles. The molecule has 1 saturated carbocycles. The highest BCUT2D eigenvalue weighted by Gasteiger charge is 2.33. The fourth-order valence-corrected chi connectivity index (χ4v) is 2.17. The van der Waals surface area contributed by atoms with Crippen LogP contribution < -0.4 is 0 Å². The topological polar surface area (TPSA) is 66.8 Å². The Morgan fingerprint density at radius 3 is 2.25 bits per heavy atom. The summed E-state index contributed by atoms with van der Waals surface area (Å²) in [5.74, 6) is -0.684. The van der Waals surface area contributed by atoms with Gasteiger partial charge in [-0.15, -0.1) is 0 Å². The highest BCUT2D eigenvalue weighted by molar-refractivity contribution is 5.75. The molecular formula is C12H22O4. The fraction of sp³-hybridized carbons (Fsp3) is 0.917. The molecule has 2 N–H and O–H groups in total. The van der Waals surface area contributed by atoms with Gasteiger partial charge in [-0.3, -0.25) is 0 Å². The molecule has 0 aromatic rings. The Morgan fingerprint density at radius 1 is 1.19 bits per heavy atom. The minimum absolute atomic E-state index is 0.0310. The van der Waals surface area contributed by atoms with E-state index in [1.165, 1.54) is 6.42 Å². The zero-order valence-electron chi connectivity index (χ0n) is 10.1. The van der Waals surface area contributed by atoms with E-state index in [1.54, 1.807) is 13.8 Å². The minimum atomic E-state index is -1.40. The fourth-order valence-electron chi connectivity index (χ4n) is 2.17. The summed E-state index contributed by atoms with van der Waals surface area (Å²) in [7, 11) is 0. The van der Waals surface area contributed by atoms with E-state index in [0.717, 1.165) is 25.7 Å². The van der Waals surface area contributed by atoms with Gasteiger partial charge in [0, 0.05) is 0 Å². The number of ether oxygens (including phenoxy) is 1. The average molecular weight is 230 g/mol. The van der Waals surface area contributed by atoms with Gasteiger partial charge in [0.25, 0.3) is 0 Å². The molecule has 0 heterocycles. The van der Waals surface area contributed by atoms with E-state index < -0.39 is 18.2 Å². The molecule has 0 aliphatic heterocycles. The lowest BCUT2D eigenvalue weighted by molar-refractivity contribution is -0.166. The van der Waals surface area contributed by atoms with E-state index in [9.17, 15) is 15.0 Å². The van der Waals surface area contributed by atoms with Crippen molar-refractivity contribution in [3.8, 4) is 0 Å². The van der Waals surface area contributed by atoms with E-state index in [4.69, 9.17) is 4.74 Å². The van der Waals surface area contributed by atoms with Crippen LogP contribution in [0.2, 0.25) is 0 Å². The Kier molecular flexibility index (Phi) is 5.22. The van der Waals surface area contributed by atoms with Crippen molar-refractivity contribution in [3.05, 3.63) is 0 Å². The Hall–Kier alpha value is -0.610. The van der Waals surface area contributed by atoms with Crippen LogP contribution in [0.4, 0.5) is 0 Å². The summed E-state index contributed by atoms with van der Waals surface area (Å²) in [5.41, 5.74) is 0. The number of aliphatic hydroxyl groups excluding tert-OH is 2. The standard InChI is InChI=1S/C12H22O4/c1-8(2)16-12(15)11(14)10(13)9-6-4-3-5-7-9/h8-11,13-14H,3-7H2,1-2H3/t10?,11-/m0/s1. The molecule has 0 amide bonds. The van der Waals surface area contributed by atoms with Gasteiger partial charge in [-0.2, -0.15) is 0 Å². The first-order valence-corrected chi connectivity index (χ1v) is 6.09. The Labute approximate surface area is 96.6 Å². The van der Waals surface area contributed by atoms with Gasteiger partial charge >= 0.3 is 5.97 Å². The predicted molar refractivity (Wildman–Crippen MR) is 59.8 cm³/mol. The van der Waals surface area contributed by atoms with Crippen molar-refractivity contribution in [3.63, 3.8) is 0 Å². The molecule has 0 saturated heterocycles. The molecule has 0 spiro atoms. The van der Waals surface area contributed by atoms with Crippen molar-refractivity contribution in [2.45, 2.75) is 64.3 Å². The van der Waals surface area contributed by atoms with Gasteiger partial charge in [0.2, 0.25) is 0 Å². The van der Waals surface area contributed by atoms with Crippen LogP contribution in [-0.2, 0) is 9.53 Å². The van der Waals surface area contributed by atoms with E-state index in [1.807, 2.05) is 0 Å². The van der Waals surface area contributed by atoms with Crippen molar-refractivity contribution in [2.24, 2.45) is 5.92 Å². The second kappa shape index (κ2) is 6.21. The first-order valence-electron chi connectivity index (χ1n) is 6.09. The van der Waals surface area contributed by atoms with Crippen molar-refractivity contribution in [1.82, 2.24) is 0 Å². The molecule has 1 aliphatic carbocycles. The molecule has 2 atom stereocenters. The molecule has 0 bridgehead atoms. The summed E-state index contributed by atoms with van der Waals surface area (Å²) < 4.78 is 4.88. The van der Waals surface area contributed by atoms with Crippen LogP contribution in [0.3, 0.4) is 0 Å². The first-order chi connectivity index (χ1) is 7.52. The SMILES string of the molecule is CC(C)OC(=O)[C@@H](O)C(O)C1CCCCC1. The lowest BCUT2D eigenvalue weighted by atomic mass is 9.83. The van der Waals surface area contributed by atoms with Gasteiger partial charge < -0.3 is 14.9 Å². The van der Waals surface area contributed by atoms with Gasteiger partial charge in [0.1, 0.15) is 0 Å². The van der Waals surface area contributed by atoms with Crippen LogP contribution in [0.15, 0.2) is 0 Å². The molecule has 4 heteroatoms. The third-order valence-corrected chi connectivity index (χ3v) is 3.05. The molecule has 1 aliphatic rings. The Bertz CT molecular complexity index is 221. The number of aliphatic hydroxyl groups is 2. The largest absolute Gasteiger partial charge is 0.461 e. The van der Waals surface area contributed by atoms with E-state index >= 15 is 0 Å². The number of carbonyl (C=O) groups excluding carboxylic acids is 1. The van der Waals surface area contributed by atoms with Crippen LogP contribution in [-0.4, -0.2) is 34.5 Å². The first kappa shape index (κ1) is 13.5. The van der Waals surface area contributed by atoms with Crippen molar-refractivity contribution >= 4 is 5.97 Å². The number of carbonyl (C=O) groups is 1. The van der Waals surface area contributed by atoms with Gasteiger partial charge in [0.15, 0.2) is 6.10 Å². The summed E-state index contributed by atoms with van der Waals surface area (Å²) in [6, 6.07) is 0. The lowest BCUT2D eigenvalue weighted by Crippen LogP contribution is -2.41. The smallest absolute Gasteiger partial charge is 0.337 e. The second-order valence-electron chi connectivity index (χ2n) is 4.82. The molecule has 1 rings (SSSR count). The molecule has 1 unspecified atom stereocenters. The van der Waals surface area contributed by atoms with Crippen LogP contribution in [0, 0.1) is 5.92 Å². The van der Waals surface area contributed by atoms with E-state index in [2.05, 4.69) is 0 Å². The van der Waals surface area contributed by atoms with Crippen LogP contribution >= 0.6 is 0 Å². The molecule has 1 fully saturated rings. The average Bonchev–Trinajstić information content (AvgIpc) is 2.27. The van der Waals surface area contributed by atoms with Crippen molar-refractivity contribution in [2.75, 3.05) is 0 Å². The maximum absolute atomic E-state index is 11.4. The summed E-state index contributed by atoms with van der Waals surface area (Å²) in [4.78, 5) is 11.4. The summed E-state index contributed by atoms with van der Waals surface area (Å²) in [6.07, 6.45) is 2.43. The molecule has 94 valence electrons. The van der Waals surface area contributed by atoms with Gasteiger partial charge in [-0.1, -0.05) is 19.3 Å². The zero-order chi connectivity index (χ0) is 12.1. The summed E-state index contributed by atoms with van der Waals surface area (Å²) in [5, 5.41) is 19.5. The van der Waals surface area contributed by atoms with Crippen LogP contribution in [0.5, 0.6) is 0 Å². The molecule has 4 nitrogen and oxygen atoms in total. The predicted octanol–water partition coefficient (Wildman–Crippen LogP) is 1.24. The van der Waals surface area contributed by atoms with Gasteiger partial charge in [-0.25, -0.2) is 4.79 Å². The van der Waals surface area contributed by atoms with Gasteiger partial charge in [0.05, 0.1) is 12.2 Å². The van der Waals surface area contributed by atoms with E-state index in [0.29, 0.717) is 0 Å². The molecule has 0 aromatic heterocycles. The molecule has 16 heavy (non-hydrogen) atoms. The normalized spacial score (nSPS) is 21.8. The number of hydrogen-bond donors (Lipinski definition) is 2. The number of hydrogen-bond acceptors (Lipinski definition) is 4. The number of rotatable bonds is 4. The zero-order valence-corrected chi connectivity index (χ0v) is 10.1. The van der Waals surface area contributed by atoms with E-state index in [-0.39, 0.29) is 12.0 Å². The quantitative estimate of drug-likeness (QED) is 0.713.